The number of ether oxygens (including phenoxy) is 4. The van der Waals surface area contributed by atoms with Crippen LogP contribution in [-0.4, -0.2) is 141 Å². The molecule has 0 radical (unpaired) electrons. The summed E-state index contributed by atoms with van der Waals surface area (Å²) in [6.45, 7) is 13.7. The third-order valence-corrected chi connectivity index (χ3v) is 22.0. The molecule has 4 atom stereocenters. The normalized spacial score (nSPS) is 15.8. The van der Waals surface area contributed by atoms with E-state index >= 15 is 0 Å². The number of nitrogens with zero attached hydrogens (tertiary/aromatic N) is 8. The van der Waals surface area contributed by atoms with Crippen molar-refractivity contribution in [3.63, 3.8) is 0 Å². The second kappa shape index (κ2) is 32.8. The van der Waals surface area contributed by atoms with Crippen molar-refractivity contribution in [2.24, 2.45) is 0 Å². The molecule has 8 heterocycles. The Bertz CT molecular complexity index is 4990. The molecule has 0 aliphatic carbocycles. The maximum Gasteiger partial charge on any atom is 0.165 e. The molecule has 4 aromatic heterocycles. The molecule has 0 spiro atoms. The first-order valence-electron chi connectivity index (χ1n) is 36.3. The molecule has 16 rings (SSSR count). The zero-order valence-electron chi connectivity index (χ0n) is 62.1. The number of hydrogen-bond acceptors (Lipinski definition) is 12. The molecule has 4 aliphatic rings. The Balaban J connectivity index is 0.000000125. The van der Waals surface area contributed by atoms with Gasteiger partial charge in [0.1, 0.15) is 0 Å². The number of aryl methyl sites for hydroxylation is 2. The van der Waals surface area contributed by atoms with Gasteiger partial charge in [0.15, 0.2) is 34.6 Å². The summed E-state index contributed by atoms with van der Waals surface area (Å²) in [5.41, 5.74) is 20.5. The van der Waals surface area contributed by atoms with Crippen LogP contribution in [-0.2, 0) is 78.0 Å². The van der Waals surface area contributed by atoms with Crippen LogP contribution in [0.5, 0.6) is 23.0 Å². The van der Waals surface area contributed by atoms with Gasteiger partial charge < -0.3 is 77.2 Å². The lowest BCUT2D eigenvalue weighted by molar-refractivity contribution is 0.154. The molecular weight excluding hydrogens is 1380 g/mol. The highest BCUT2D eigenvalue weighted by atomic mass is 35.5. The van der Waals surface area contributed by atoms with Gasteiger partial charge in [-0.25, -0.2) is 8.78 Å². The van der Waals surface area contributed by atoms with Gasteiger partial charge in [0.2, 0.25) is 0 Å². The fraction of sp³-hybridized carbons (Fsp3) is 0.349. The van der Waals surface area contributed by atoms with Gasteiger partial charge in [0.05, 0.1) is 79.0 Å². The number of hydrogen-bond donors (Lipinski definition) is 4. The Hall–Kier alpha value is -8.76. The van der Waals surface area contributed by atoms with Crippen molar-refractivity contribution < 1.29 is 48.2 Å². The predicted octanol–water partition coefficient (Wildman–Crippen LogP) is 15.7. The van der Waals surface area contributed by atoms with Gasteiger partial charge in [-0.05, 0) is 209 Å². The van der Waals surface area contributed by atoms with Crippen LogP contribution in [0.3, 0.4) is 0 Å². The lowest BCUT2D eigenvalue weighted by Gasteiger charge is -2.25. The molecule has 0 saturated heterocycles. The number of rotatable bonds is 16. The Morgan fingerprint density at radius 1 is 0.349 bits per heavy atom. The number of aliphatic hydroxyl groups excluding tert-OH is 4. The van der Waals surface area contributed by atoms with Crippen molar-refractivity contribution in [1.29, 1.82) is 0 Å². The maximum atomic E-state index is 14.1. The second-order valence-electron chi connectivity index (χ2n) is 28.8. The molecular formula is C86H96Cl2F2N8O8. The fourth-order valence-corrected chi connectivity index (χ4v) is 16.3. The van der Waals surface area contributed by atoms with E-state index in [2.05, 4.69) is 122 Å². The molecule has 0 saturated carbocycles. The van der Waals surface area contributed by atoms with Crippen LogP contribution in [0.15, 0.2) is 158 Å². The molecule has 0 fully saturated rings. The lowest BCUT2D eigenvalue weighted by Crippen LogP contribution is -2.28. The van der Waals surface area contributed by atoms with Crippen LogP contribution in [0.4, 0.5) is 8.78 Å². The summed E-state index contributed by atoms with van der Waals surface area (Å²) in [6.07, 6.45) is 1.26. The van der Waals surface area contributed by atoms with Crippen molar-refractivity contribution >= 4 is 66.8 Å². The SMILES string of the molecule is COc1ccc(C(O)Cn2c3c(c4cc(C)ccc42)CCN(C)C3)cc1F.COc1ccc(C(O)Cn2c3c(c4cc(Cl)ccc42)CCN(C)C3)cc1F.COc1ccc(C(O)Cn2c3c(c4cc(Cl)ccc42)CCN(C)C3)cc1OC.Cc1ccc2c(c1)c1c(n2CC(O)c2ccccc2)CN(C)CC1. The lowest BCUT2D eigenvalue weighted by atomic mass is 10.0. The highest BCUT2D eigenvalue weighted by Crippen LogP contribution is 2.40. The molecule has 0 amide bonds. The number of methoxy groups -OCH3 is 4. The minimum absolute atomic E-state index is 0.172. The van der Waals surface area contributed by atoms with Crippen LogP contribution in [0.1, 0.15) is 103 Å². The zero-order chi connectivity index (χ0) is 74.8. The van der Waals surface area contributed by atoms with E-state index < -0.39 is 36.1 Å². The Morgan fingerprint density at radius 2 is 0.651 bits per heavy atom. The second-order valence-corrected chi connectivity index (χ2v) is 29.7. The van der Waals surface area contributed by atoms with Crippen LogP contribution in [0, 0.1) is 25.5 Å². The largest absolute Gasteiger partial charge is 0.494 e. The van der Waals surface area contributed by atoms with Gasteiger partial charge in [0.25, 0.3) is 0 Å². The van der Waals surface area contributed by atoms with E-state index in [0.717, 1.165) is 116 Å². The Morgan fingerprint density at radius 3 is 0.981 bits per heavy atom. The summed E-state index contributed by atoms with van der Waals surface area (Å²) in [5, 5.41) is 49.8. The number of aromatic nitrogens is 4. The highest BCUT2D eigenvalue weighted by Gasteiger charge is 2.30. The average Bonchev–Trinajstić information content (AvgIpc) is 1.63. The van der Waals surface area contributed by atoms with Crippen molar-refractivity contribution in [2.45, 2.75) is 116 Å². The summed E-state index contributed by atoms with van der Waals surface area (Å²) >= 11 is 12.5. The van der Waals surface area contributed by atoms with Crippen molar-refractivity contribution in [3.05, 3.63) is 258 Å². The van der Waals surface area contributed by atoms with Gasteiger partial charge >= 0.3 is 0 Å². The topological polar surface area (TPSA) is 151 Å². The molecule has 16 nitrogen and oxygen atoms in total. The zero-order valence-corrected chi connectivity index (χ0v) is 63.7. The highest BCUT2D eigenvalue weighted by molar-refractivity contribution is 6.31. The Kier molecular flexibility index (Phi) is 23.3. The summed E-state index contributed by atoms with van der Waals surface area (Å²) in [6, 6.07) is 49.7. The molecule has 20 heteroatoms. The van der Waals surface area contributed by atoms with Gasteiger partial charge in [0, 0.05) is 129 Å². The molecule has 556 valence electrons. The number of fused-ring (bicyclic) bond motifs is 12. The molecule has 106 heavy (non-hydrogen) atoms. The third kappa shape index (κ3) is 16.0. The summed E-state index contributed by atoms with van der Waals surface area (Å²) in [7, 11) is 14.6. The molecule has 8 aromatic carbocycles. The molecule has 12 aromatic rings. The molecule has 4 N–H and O–H groups in total. The van der Waals surface area contributed by atoms with Crippen molar-refractivity contribution in [2.75, 3.05) is 82.8 Å². The van der Waals surface area contributed by atoms with Gasteiger partial charge in [-0.2, -0.15) is 0 Å². The first kappa shape index (κ1) is 75.5. The van der Waals surface area contributed by atoms with E-state index in [1.54, 1.807) is 38.5 Å². The summed E-state index contributed by atoms with van der Waals surface area (Å²) < 4.78 is 57.6. The van der Waals surface area contributed by atoms with E-state index in [-0.39, 0.29) is 11.5 Å². The van der Waals surface area contributed by atoms with Crippen molar-refractivity contribution in [1.82, 2.24) is 37.9 Å². The smallest absolute Gasteiger partial charge is 0.165 e. The molecule has 4 aliphatic heterocycles. The number of halogens is 4. The van der Waals surface area contributed by atoms with E-state index in [9.17, 15) is 29.2 Å². The van der Waals surface area contributed by atoms with Crippen LogP contribution in [0.25, 0.3) is 43.6 Å². The van der Waals surface area contributed by atoms with E-state index in [0.29, 0.717) is 53.8 Å². The molecule has 0 bridgehead atoms. The Labute approximate surface area is 629 Å². The van der Waals surface area contributed by atoms with Crippen LogP contribution >= 0.6 is 23.2 Å². The van der Waals surface area contributed by atoms with Crippen molar-refractivity contribution in [3.8, 4) is 23.0 Å². The van der Waals surface area contributed by atoms with Crippen LogP contribution in [0.2, 0.25) is 10.0 Å². The fourth-order valence-electron chi connectivity index (χ4n) is 15.9. The van der Waals surface area contributed by atoms with E-state index in [1.165, 1.54) is 104 Å². The standard InChI is InChI=1S/C22H25ClN2O3.C22H25FN2O2.C21H22ClFN2O2.C21H24N2O/c1-24-9-8-16-17-11-15(23)5-6-18(17)25(19(16)12-24)13-20(26)14-4-7-21(27-2)22(10-14)28-3;1-14-4-6-19-17(10-14)16-8-9-24(2)12-20(16)25(19)13-21(26)15-5-7-22(27-3)18(23)11-15;1-24-8-7-15-16-10-14(22)4-5-18(16)25(19(15)11-24)12-20(26)13-3-6-21(27-2)17(23)9-13;1-15-8-9-19-18(12-15)17-10-11-22(2)13-20(17)23(19)14-21(24)16-6-4-3-5-7-16/h4-7,10-11,20,26H,8-9,12-13H2,1-3H3;4-7,10-11,21,26H,8-9,12-13H2,1-3H3;3-6,9-10,20,26H,7-8,11-12H2,1-2H3;3-9,12,21,24H,10-11,13-14H2,1-2H3. The van der Waals surface area contributed by atoms with Gasteiger partial charge in [-0.3, -0.25) is 0 Å². The van der Waals surface area contributed by atoms with Gasteiger partial charge in [-0.1, -0.05) is 95.0 Å². The minimum Gasteiger partial charge on any atom is -0.494 e. The van der Waals surface area contributed by atoms with Gasteiger partial charge in [-0.15, -0.1) is 0 Å². The quantitative estimate of drug-likeness (QED) is 0.0729. The monoisotopic (exact) mass is 1480 g/mol. The van der Waals surface area contributed by atoms with Crippen LogP contribution < -0.4 is 18.9 Å². The first-order valence-corrected chi connectivity index (χ1v) is 37.1. The number of likely N-dealkylation sites (N-methyl/N-ethyl adjacent to an activating group) is 4. The molecule has 4 unspecified atom stereocenters. The predicted molar refractivity (Wildman–Crippen MR) is 419 cm³/mol. The number of aliphatic hydroxyl groups is 4. The van der Waals surface area contributed by atoms with E-state index in [1.807, 2.05) is 78.9 Å². The first-order chi connectivity index (χ1) is 51.1. The maximum absolute atomic E-state index is 14.1. The summed E-state index contributed by atoms with van der Waals surface area (Å²) in [4.78, 5) is 9.23. The third-order valence-electron chi connectivity index (χ3n) is 21.6. The number of benzene rings is 8. The average molecular weight is 1480 g/mol. The van der Waals surface area contributed by atoms with E-state index in [4.69, 9.17) is 42.1 Å². The minimum atomic E-state index is -0.826. The summed E-state index contributed by atoms with van der Waals surface area (Å²) in [5.74, 6) is 0.699.